The van der Waals surface area contributed by atoms with Gasteiger partial charge in [0.05, 0.1) is 12.7 Å². The fraction of sp³-hybridized carbons (Fsp3) is 0.333. The minimum Gasteiger partial charge on any atom is -0.493 e. The van der Waals surface area contributed by atoms with Gasteiger partial charge in [-0.05, 0) is 31.0 Å². The Bertz CT molecular complexity index is 292. The number of hydrogen-bond donors (Lipinski definition) is 1. The van der Waals surface area contributed by atoms with E-state index in [1.807, 2.05) is 30.3 Å². The molecule has 0 aliphatic carbocycles. The van der Waals surface area contributed by atoms with Crippen LogP contribution in [0.5, 0.6) is 5.75 Å². The van der Waals surface area contributed by atoms with Crippen molar-refractivity contribution in [3.63, 3.8) is 0 Å². The van der Waals surface area contributed by atoms with E-state index in [0.29, 0.717) is 6.61 Å². The van der Waals surface area contributed by atoms with Crippen molar-refractivity contribution in [3.05, 3.63) is 42.5 Å². The van der Waals surface area contributed by atoms with E-state index in [2.05, 4.69) is 6.58 Å². The van der Waals surface area contributed by atoms with E-state index in [4.69, 9.17) is 4.74 Å². The molecule has 1 atom stereocenters. The van der Waals surface area contributed by atoms with Gasteiger partial charge in [0, 0.05) is 0 Å². The molecule has 1 rings (SSSR count). The molecule has 0 amide bonds. The van der Waals surface area contributed by atoms with Gasteiger partial charge in [-0.25, -0.2) is 0 Å². The highest BCUT2D eigenvalue weighted by molar-refractivity contribution is 5.29. The average molecular weight is 192 g/mol. The van der Waals surface area contributed by atoms with Crippen molar-refractivity contribution in [2.24, 2.45) is 0 Å². The molecule has 0 saturated heterocycles. The summed E-state index contributed by atoms with van der Waals surface area (Å²) in [5.74, 6) is 0.797. The summed E-state index contributed by atoms with van der Waals surface area (Å²) in [6, 6.07) is 7.50. The Kier molecular flexibility index (Phi) is 4.20. The van der Waals surface area contributed by atoms with Gasteiger partial charge in [0.25, 0.3) is 0 Å². The topological polar surface area (TPSA) is 29.5 Å². The molecule has 14 heavy (non-hydrogen) atoms. The molecule has 0 radical (unpaired) electrons. The SMILES string of the molecule is C=CCCOc1cccc([C@@H](C)O)c1. The molecule has 2 nitrogen and oxygen atoms in total. The van der Waals surface area contributed by atoms with E-state index < -0.39 is 6.10 Å². The third kappa shape index (κ3) is 3.23. The zero-order chi connectivity index (χ0) is 10.4. The van der Waals surface area contributed by atoms with Crippen LogP contribution in [0.15, 0.2) is 36.9 Å². The first-order valence-electron chi connectivity index (χ1n) is 4.75. The van der Waals surface area contributed by atoms with Crippen LogP contribution in [0.3, 0.4) is 0 Å². The van der Waals surface area contributed by atoms with Gasteiger partial charge in [-0.2, -0.15) is 0 Å². The fourth-order valence-electron chi connectivity index (χ4n) is 1.12. The highest BCUT2D eigenvalue weighted by Gasteiger charge is 2.01. The number of rotatable bonds is 5. The van der Waals surface area contributed by atoms with Gasteiger partial charge in [0.2, 0.25) is 0 Å². The average Bonchev–Trinajstić information content (AvgIpc) is 2.19. The fourth-order valence-corrected chi connectivity index (χ4v) is 1.12. The zero-order valence-corrected chi connectivity index (χ0v) is 8.44. The van der Waals surface area contributed by atoms with E-state index in [1.165, 1.54) is 0 Å². The van der Waals surface area contributed by atoms with Crippen LogP contribution in [-0.2, 0) is 0 Å². The summed E-state index contributed by atoms with van der Waals surface area (Å²) in [6.07, 6.45) is 2.20. The van der Waals surface area contributed by atoms with Gasteiger partial charge in [0.1, 0.15) is 5.75 Å². The molecule has 0 fully saturated rings. The maximum Gasteiger partial charge on any atom is 0.119 e. The molecule has 1 aromatic rings. The first-order chi connectivity index (χ1) is 6.74. The summed E-state index contributed by atoms with van der Waals surface area (Å²) in [4.78, 5) is 0. The Morgan fingerprint density at radius 3 is 3.00 bits per heavy atom. The lowest BCUT2D eigenvalue weighted by molar-refractivity contribution is 0.198. The molecule has 0 bridgehead atoms. The lowest BCUT2D eigenvalue weighted by Crippen LogP contribution is -1.97. The minimum atomic E-state index is -0.446. The highest BCUT2D eigenvalue weighted by atomic mass is 16.5. The molecule has 0 unspecified atom stereocenters. The third-order valence-electron chi connectivity index (χ3n) is 1.93. The second kappa shape index (κ2) is 5.45. The van der Waals surface area contributed by atoms with Gasteiger partial charge in [-0.3, -0.25) is 0 Å². The normalized spacial score (nSPS) is 12.1. The number of benzene rings is 1. The molecule has 0 aromatic heterocycles. The van der Waals surface area contributed by atoms with E-state index >= 15 is 0 Å². The van der Waals surface area contributed by atoms with Crippen LogP contribution in [0.25, 0.3) is 0 Å². The highest BCUT2D eigenvalue weighted by Crippen LogP contribution is 2.18. The summed E-state index contributed by atoms with van der Waals surface area (Å²) in [5, 5.41) is 9.35. The summed E-state index contributed by atoms with van der Waals surface area (Å²) in [7, 11) is 0. The van der Waals surface area contributed by atoms with Crippen LogP contribution in [0, 0.1) is 0 Å². The van der Waals surface area contributed by atoms with Crippen LogP contribution in [0.1, 0.15) is 25.0 Å². The van der Waals surface area contributed by atoms with E-state index in [9.17, 15) is 5.11 Å². The maximum atomic E-state index is 9.35. The van der Waals surface area contributed by atoms with Crippen LogP contribution in [0.4, 0.5) is 0 Å². The second-order valence-corrected chi connectivity index (χ2v) is 3.17. The van der Waals surface area contributed by atoms with Gasteiger partial charge >= 0.3 is 0 Å². The van der Waals surface area contributed by atoms with Crippen molar-refractivity contribution in [1.29, 1.82) is 0 Å². The molecule has 2 heteroatoms. The minimum absolute atomic E-state index is 0.446. The standard InChI is InChI=1S/C12H16O2/c1-3-4-8-14-12-7-5-6-11(9-12)10(2)13/h3,5-7,9-10,13H,1,4,8H2,2H3/t10-/m1/s1. The van der Waals surface area contributed by atoms with Crippen LogP contribution in [-0.4, -0.2) is 11.7 Å². The number of ether oxygens (including phenoxy) is 1. The molecular weight excluding hydrogens is 176 g/mol. The lowest BCUT2D eigenvalue weighted by Gasteiger charge is -2.08. The van der Waals surface area contributed by atoms with Crippen molar-refractivity contribution in [2.45, 2.75) is 19.4 Å². The number of aliphatic hydroxyl groups excluding tert-OH is 1. The van der Waals surface area contributed by atoms with Crippen LogP contribution >= 0.6 is 0 Å². The molecule has 0 spiro atoms. The van der Waals surface area contributed by atoms with Crippen LogP contribution in [0.2, 0.25) is 0 Å². The molecule has 0 aliphatic heterocycles. The number of aliphatic hydroxyl groups is 1. The van der Waals surface area contributed by atoms with Gasteiger partial charge in [-0.15, -0.1) is 6.58 Å². The first kappa shape index (κ1) is 10.8. The Labute approximate surface area is 84.8 Å². The molecule has 1 aromatic carbocycles. The Hall–Kier alpha value is -1.28. The van der Waals surface area contributed by atoms with E-state index in [1.54, 1.807) is 6.92 Å². The monoisotopic (exact) mass is 192 g/mol. The molecule has 0 saturated carbocycles. The first-order valence-corrected chi connectivity index (χ1v) is 4.75. The Morgan fingerprint density at radius 1 is 1.57 bits per heavy atom. The smallest absolute Gasteiger partial charge is 0.119 e. The summed E-state index contributed by atoms with van der Waals surface area (Å²) in [6.45, 7) is 5.99. The van der Waals surface area contributed by atoms with Gasteiger partial charge in [-0.1, -0.05) is 18.2 Å². The predicted molar refractivity (Wildman–Crippen MR) is 57.4 cm³/mol. The lowest BCUT2D eigenvalue weighted by atomic mass is 10.1. The van der Waals surface area contributed by atoms with Gasteiger partial charge in [0.15, 0.2) is 0 Å². The summed E-state index contributed by atoms with van der Waals surface area (Å²) < 4.78 is 5.45. The third-order valence-corrected chi connectivity index (χ3v) is 1.93. The Morgan fingerprint density at radius 2 is 2.36 bits per heavy atom. The van der Waals surface area contributed by atoms with E-state index in [-0.39, 0.29) is 0 Å². The van der Waals surface area contributed by atoms with Crippen LogP contribution < -0.4 is 4.74 Å². The van der Waals surface area contributed by atoms with Crippen molar-refractivity contribution in [1.82, 2.24) is 0 Å². The van der Waals surface area contributed by atoms with Crippen molar-refractivity contribution >= 4 is 0 Å². The maximum absolute atomic E-state index is 9.35. The molecule has 1 N–H and O–H groups in total. The second-order valence-electron chi connectivity index (χ2n) is 3.17. The zero-order valence-electron chi connectivity index (χ0n) is 8.44. The van der Waals surface area contributed by atoms with Gasteiger partial charge < -0.3 is 9.84 Å². The largest absolute Gasteiger partial charge is 0.493 e. The summed E-state index contributed by atoms with van der Waals surface area (Å²) >= 11 is 0. The van der Waals surface area contributed by atoms with Crippen molar-refractivity contribution in [2.75, 3.05) is 6.61 Å². The van der Waals surface area contributed by atoms with Crippen molar-refractivity contribution < 1.29 is 9.84 Å². The Balaban J connectivity index is 2.59. The molecule has 0 aliphatic rings. The molecule has 0 heterocycles. The van der Waals surface area contributed by atoms with E-state index in [0.717, 1.165) is 17.7 Å². The quantitative estimate of drug-likeness (QED) is 0.574. The number of hydrogen-bond acceptors (Lipinski definition) is 2. The predicted octanol–water partition coefficient (Wildman–Crippen LogP) is 2.69. The molecular formula is C12H16O2. The molecule has 76 valence electrons. The van der Waals surface area contributed by atoms with Crippen molar-refractivity contribution in [3.8, 4) is 5.75 Å². The summed E-state index contributed by atoms with van der Waals surface area (Å²) in [5.41, 5.74) is 0.876.